The molecule has 0 aliphatic heterocycles. The smallest absolute Gasteiger partial charge is 0.0164 e. The van der Waals surface area contributed by atoms with Gasteiger partial charge in [0, 0.05) is 16.7 Å². The van der Waals surface area contributed by atoms with Gasteiger partial charge in [-0.05, 0) is 60.8 Å². The topological polar surface area (TPSA) is 12.0 Å². The summed E-state index contributed by atoms with van der Waals surface area (Å²) in [5, 5.41) is 8.04. The van der Waals surface area contributed by atoms with Crippen LogP contribution in [0.1, 0.15) is 24.5 Å². The van der Waals surface area contributed by atoms with Crippen LogP contribution in [0, 0.1) is 6.92 Å². The highest BCUT2D eigenvalue weighted by molar-refractivity contribution is 7.99. The Morgan fingerprint density at radius 2 is 2.20 bits per heavy atom. The maximum Gasteiger partial charge on any atom is 0.0164 e. The number of thioether (sulfide) groups is 1. The lowest BCUT2D eigenvalue weighted by Crippen LogP contribution is -2.31. The Balaban J connectivity index is 1.82. The summed E-state index contributed by atoms with van der Waals surface area (Å²) in [6, 6.07) is 11.6. The minimum atomic E-state index is 0.588. The number of thiophene rings is 1. The monoisotopic (exact) mass is 305 g/mol. The van der Waals surface area contributed by atoms with Gasteiger partial charge in [0.25, 0.3) is 0 Å². The van der Waals surface area contributed by atoms with Gasteiger partial charge in [0.05, 0.1) is 0 Å². The molecule has 1 aromatic carbocycles. The van der Waals surface area contributed by atoms with E-state index in [0.29, 0.717) is 6.04 Å². The van der Waals surface area contributed by atoms with E-state index in [1.54, 1.807) is 11.3 Å². The van der Waals surface area contributed by atoms with E-state index in [9.17, 15) is 0 Å². The second-order valence-corrected chi connectivity index (χ2v) is 6.93. The summed E-state index contributed by atoms with van der Waals surface area (Å²) in [5.41, 5.74) is 2.81. The Kier molecular flexibility index (Phi) is 6.64. The number of hydrogen-bond acceptors (Lipinski definition) is 3. The van der Waals surface area contributed by atoms with E-state index in [2.05, 4.69) is 60.3 Å². The first-order valence-electron chi connectivity index (χ1n) is 7.22. The van der Waals surface area contributed by atoms with Crippen LogP contribution in [0.3, 0.4) is 0 Å². The first kappa shape index (κ1) is 15.6. The minimum Gasteiger partial charge on any atom is -0.313 e. The molecule has 20 heavy (non-hydrogen) atoms. The van der Waals surface area contributed by atoms with Gasteiger partial charge < -0.3 is 5.32 Å². The van der Waals surface area contributed by atoms with E-state index in [0.717, 1.165) is 12.3 Å². The molecule has 0 radical (unpaired) electrons. The summed E-state index contributed by atoms with van der Waals surface area (Å²) in [5.74, 6) is 1.14. The van der Waals surface area contributed by atoms with Gasteiger partial charge in [-0.2, -0.15) is 11.3 Å². The minimum absolute atomic E-state index is 0.588. The largest absolute Gasteiger partial charge is 0.313 e. The van der Waals surface area contributed by atoms with Crippen molar-refractivity contribution in [3.05, 3.63) is 52.2 Å². The predicted molar refractivity (Wildman–Crippen MR) is 92.0 cm³/mol. The van der Waals surface area contributed by atoms with Crippen LogP contribution >= 0.6 is 23.1 Å². The van der Waals surface area contributed by atoms with Crippen LogP contribution in [0.5, 0.6) is 0 Å². The van der Waals surface area contributed by atoms with Gasteiger partial charge in [0.1, 0.15) is 0 Å². The molecule has 0 bridgehead atoms. The number of benzene rings is 1. The molecule has 1 unspecified atom stereocenters. The van der Waals surface area contributed by atoms with Crippen molar-refractivity contribution in [2.24, 2.45) is 0 Å². The standard InChI is InChI=1S/C17H23NS2/c1-3-18-16(8-7-15-9-10-19-12-15)13-20-17-6-4-5-14(2)11-17/h4-6,9-12,16,18H,3,7-8,13H2,1-2H3. The van der Waals surface area contributed by atoms with Gasteiger partial charge in [-0.3, -0.25) is 0 Å². The lowest BCUT2D eigenvalue weighted by Gasteiger charge is -2.17. The average Bonchev–Trinajstić information content (AvgIpc) is 2.95. The van der Waals surface area contributed by atoms with Crippen molar-refractivity contribution in [2.45, 2.75) is 37.6 Å². The number of nitrogens with one attached hydrogen (secondary N) is 1. The first-order valence-corrected chi connectivity index (χ1v) is 9.14. The van der Waals surface area contributed by atoms with Crippen molar-refractivity contribution in [2.75, 3.05) is 12.3 Å². The molecule has 0 aliphatic carbocycles. The second-order valence-electron chi connectivity index (χ2n) is 5.05. The normalized spacial score (nSPS) is 12.5. The summed E-state index contributed by atoms with van der Waals surface area (Å²) in [6.45, 7) is 5.39. The molecule has 0 aliphatic rings. The summed E-state index contributed by atoms with van der Waals surface area (Å²) in [6.07, 6.45) is 2.39. The zero-order chi connectivity index (χ0) is 14.2. The Morgan fingerprint density at radius 1 is 1.30 bits per heavy atom. The van der Waals surface area contributed by atoms with E-state index in [1.165, 1.54) is 28.9 Å². The van der Waals surface area contributed by atoms with E-state index >= 15 is 0 Å². The van der Waals surface area contributed by atoms with Gasteiger partial charge in [0.2, 0.25) is 0 Å². The van der Waals surface area contributed by atoms with Gasteiger partial charge >= 0.3 is 0 Å². The fraction of sp³-hybridized carbons (Fsp3) is 0.412. The van der Waals surface area contributed by atoms with Gasteiger partial charge in [-0.1, -0.05) is 24.6 Å². The first-order chi connectivity index (χ1) is 9.78. The highest BCUT2D eigenvalue weighted by Gasteiger charge is 2.08. The van der Waals surface area contributed by atoms with Crippen LogP contribution in [0.15, 0.2) is 46.0 Å². The second kappa shape index (κ2) is 8.50. The van der Waals surface area contributed by atoms with E-state index in [1.807, 2.05) is 11.8 Å². The van der Waals surface area contributed by atoms with Crippen LogP contribution in [-0.4, -0.2) is 18.3 Å². The number of rotatable bonds is 8. The maximum atomic E-state index is 3.61. The van der Waals surface area contributed by atoms with Crippen LogP contribution in [0.25, 0.3) is 0 Å². The van der Waals surface area contributed by atoms with Crippen molar-refractivity contribution >= 4 is 23.1 Å². The highest BCUT2D eigenvalue weighted by Crippen LogP contribution is 2.21. The molecule has 0 saturated carbocycles. The molecule has 2 aromatic rings. The molecule has 0 spiro atoms. The molecule has 1 nitrogen and oxygen atoms in total. The Labute approximate surface area is 130 Å². The van der Waals surface area contributed by atoms with Crippen LogP contribution < -0.4 is 5.32 Å². The fourth-order valence-electron chi connectivity index (χ4n) is 2.21. The average molecular weight is 306 g/mol. The third-order valence-electron chi connectivity index (χ3n) is 3.30. The molecule has 3 heteroatoms. The zero-order valence-electron chi connectivity index (χ0n) is 12.3. The molecule has 1 N–H and O–H groups in total. The lowest BCUT2D eigenvalue weighted by molar-refractivity contribution is 0.538. The Morgan fingerprint density at radius 3 is 2.90 bits per heavy atom. The van der Waals surface area contributed by atoms with E-state index in [-0.39, 0.29) is 0 Å². The third-order valence-corrected chi connectivity index (χ3v) is 5.18. The van der Waals surface area contributed by atoms with Crippen molar-refractivity contribution in [3.63, 3.8) is 0 Å². The van der Waals surface area contributed by atoms with Crippen LogP contribution in [0.4, 0.5) is 0 Å². The molecule has 1 heterocycles. The quantitative estimate of drug-likeness (QED) is 0.706. The SMILES string of the molecule is CCNC(CCc1ccsc1)CSc1cccc(C)c1. The molecule has 1 aromatic heterocycles. The van der Waals surface area contributed by atoms with Gasteiger partial charge in [0.15, 0.2) is 0 Å². The molecular formula is C17H23NS2. The summed E-state index contributed by atoms with van der Waals surface area (Å²) >= 11 is 3.75. The van der Waals surface area contributed by atoms with E-state index < -0.39 is 0 Å². The zero-order valence-corrected chi connectivity index (χ0v) is 13.9. The molecule has 0 saturated heterocycles. The molecule has 108 valence electrons. The fourth-order valence-corrected chi connectivity index (χ4v) is 4.04. The molecular weight excluding hydrogens is 282 g/mol. The molecule has 1 atom stereocenters. The van der Waals surface area contributed by atoms with Crippen molar-refractivity contribution in [1.29, 1.82) is 0 Å². The number of hydrogen-bond donors (Lipinski definition) is 1. The summed E-state index contributed by atoms with van der Waals surface area (Å²) < 4.78 is 0. The molecule has 2 rings (SSSR count). The van der Waals surface area contributed by atoms with Crippen molar-refractivity contribution in [3.8, 4) is 0 Å². The predicted octanol–water partition coefficient (Wildman–Crippen LogP) is 4.76. The third kappa shape index (κ3) is 5.31. The Hall–Kier alpha value is -0.770. The molecule has 0 fully saturated rings. The number of aryl methyl sites for hydroxylation is 2. The van der Waals surface area contributed by atoms with Crippen molar-refractivity contribution in [1.82, 2.24) is 5.32 Å². The van der Waals surface area contributed by atoms with Crippen LogP contribution in [-0.2, 0) is 6.42 Å². The van der Waals surface area contributed by atoms with E-state index in [4.69, 9.17) is 0 Å². The van der Waals surface area contributed by atoms with Gasteiger partial charge in [-0.25, -0.2) is 0 Å². The lowest BCUT2D eigenvalue weighted by atomic mass is 10.1. The summed E-state index contributed by atoms with van der Waals surface area (Å²) in [4.78, 5) is 1.38. The van der Waals surface area contributed by atoms with Crippen molar-refractivity contribution < 1.29 is 0 Å². The Bertz CT molecular complexity index is 493. The molecule has 0 amide bonds. The van der Waals surface area contributed by atoms with Gasteiger partial charge in [-0.15, -0.1) is 11.8 Å². The van der Waals surface area contributed by atoms with Crippen LogP contribution in [0.2, 0.25) is 0 Å². The summed E-state index contributed by atoms with van der Waals surface area (Å²) in [7, 11) is 0. The maximum absolute atomic E-state index is 3.61. The highest BCUT2D eigenvalue weighted by atomic mass is 32.2.